The first kappa shape index (κ1) is 15.4. The van der Waals surface area contributed by atoms with Gasteiger partial charge in [0.05, 0.1) is 0 Å². The fourth-order valence-corrected chi connectivity index (χ4v) is 2.20. The van der Waals surface area contributed by atoms with Gasteiger partial charge in [-0.05, 0) is 25.5 Å². The molecule has 0 saturated heterocycles. The second-order valence-electron chi connectivity index (χ2n) is 5.41. The number of nitrogens with zero attached hydrogens (tertiary/aromatic N) is 3. The predicted octanol–water partition coefficient (Wildman–Crippen LogP) is 2.92. The molecule has 1 aromatic carbocycles. The van der Waals surface area contributed by atoms with Crippen LogP contribution in [0.15, 0.2) is 36.7 Å². The summed E-state index contributed by atoms with van der Waals surface area (Å²) in [7, 11) is 2.02. The molecular weight excluding hydrogens is 260 g/mol. The van der Waals surface area contributed by atoms with Crippen molar-refractivity contribution in [2.24, 2.45) is 0 Å². The van der Waals surface area contributed by atoms with E-state index in [4.69, 9.17) is 0 Å². The summed E-state index contributed by atoms with van der Waals surface area (Å²) < 4.78 is 0. The van der Waals surface area contributed by atoms with Crippen molar-refractivity contribution < 1.29 is 0 Å². The highest BCUT2D eigenvalue weighted by atomic mass is 15.2. The monoisotopic (exact) mass is 284 g/mol. The molecule has 0 fully saturated rings. The molecule has 0 bridgehead atoms. The molecule has 1 N–H and O–H groups in total. The summed E-state index contributed by atoms with van der Waals surface area (Å²) in [6.07, 6.45) is 4.94. The van der Waals surface area contributed by atoms with E-state index >= 15 is 0 Å². The third kappa shape index (κ3) is 4.83. The normalized spacial score (nSPS) is 10.6. The smallest absolute Gasteiger partial charge is 0.225 e. The van der Waals surface area contributed by atoms with Crippen LogP contribution in [0.2, 0.25) is 0 Å². The van der Waals surface area contributed by atoms with Crippen LogP contribution in [0.5, 0.6) is 0 Å². The maximum atomic E-state index is 4.45. The van der Waals surface area contributed by atoms with E-state index in [9.17, 15) is 0 Å². The zero-order chi connectivity index (χ0) is 15.1. The minimum absolute atomic E-state index is 0.760. The minimum Gasteiger partial charge on any atom is -0.340 e. The summed E-state index contributed by atoms with van der Waals surface area (Å²) in [5, 5.41) is 3.35. The number of hydrogen-bond donors (Lipinski definition) is 1. The van der Waals surface area contributed by atoms with Gasteiger partial charge >= 0.3 is 0 Å². The van der Waals surface area contributed by atoms with Gasteiger partial charge in [-0.25, -0.2) is 9.97 Å². The van der Waals surface area contributed by atoms with Crippen molar-refractivity contribution in [1.29, 1.82) is 0 Å². The van der Waals surface area contributed by atoms with Crippen LogP contribution >= 0.6 is 0 Å². The highest BCUT2D eigenvalue weighted by Crippen LogP contribution is 2.11. The second kappa shape index (κ2) is 7.74. The molecule has 21 heavy (non-hydrogen) atoms. The standard InChI is InChI=1S/C17H24N4/c1-4-8-18-10-16-11-19-17(20-12-16)21(3)13-15-7-5-6-14(2)9-15/h5-7,9,11-12,18H,4,8,10,13H2,1-3H3. The lowest BCUT2D eigenvalue weighted by atomic mass is 10.1. The Kier molecular flexibility index (Phi) is 5.69. The highest BCUT2D eigenvalue weighted by Gasteiger charge is 2.05. The van der Waals surface area contributed by atoms with Crippen LogP contribution in [0.3, 0.4) is 0 Å². The van der Waals surface area contributed by atoms with E-state index in [0.717, 1.165) is 37.6 Å². The van der Waals surface area contributed by atoms with Crippen molar-refractivity contribution in [2.45, 2.75) is 33.4 Å². The Morgan fingerprint density at radius 2 is 1.90 bits per heavy atom. The van der Waals surface area contributed by atoms with Crippen molar-refractivity contribution >= 4 is 5.95 Å². The van der Waals surface area contributed by atoms with Crippen LogP contribution in [0.25, 0.3) is 0 Å². The second-order valence-corrected chi connectivity index (χ2v) is 5.41. The summed E-state index contributed by atoms with van der Waals surface area (Å²) >= 11 is 0. The molecule has 2 aromatic rings. The fraction of sp³-hybridized carbons (Fsp3) is 0.412. The van der Waals surface area contributed by atoms with E-state index in [-0.39, 0.29) is 0 Å². The average molecular weight is 284 g/mol. The van der Waals surface area contributed by atoms with Gasteiger partial charge in [0.25, 0.3) is 0 Å². The summed E-state index contributed by atoms with van der Waals surface area (Å²) in [4.78, 5) is 11.0. The molecule has 4 nitrogen and oxygen atoms in total. The van der Waals surface area contributed by atoms with Gasteiger partial charge in [0.2, 0.25) is 5.95 Å². The summed E-state index contributed by atoms with van der Waals surface area (Å²) in [5.41, 5.74) is 3.67. The van der Waals surface area contributed by atoms with Gasteiger partial charge in [0.15, 0.2) is 0 Å². The van der Waals surface area contributed by atoms with E-state index in [2.05, 4.69) is 58.3 Å². The van der Waals surface area contributed by atoms with E-state index < -0.39 is 0 Å². The molecule has 2 rings (SSSR count). The molecule has 1 heterocycles. The molecular formula is C17H24N4. The molecule has 0 aliphatic heterocycles. The maximum absolute atomic E-state index is 4.45. The summed E-state index contributed by atoms with van der Waals surface area (Å²) in [6, 6.07) is 8.52. The van der Waals surface area contributed by atoms with Crippen molar-refractivity contribution in [2.75, 3.05) is 18.5 Å². The SMILES string of the molecule is CCCNCc1cnc(N(C)Cc2cccc(C)c2)nc1. The average Bonchev–Trinajstić information content (AvgIpc) is 2.48. The van der Waals surface area contributed by atoms with Crippen LogP contribution in [0, 0.1) is 6.92 Å². The predicted molar refractivity (Wildman–Crippen MR) is 87.3 cm³/mol. The lowest BCUT2D eigenvalue weighted by Gasteiger charge is -2.17. The van der Waals surface area contributed by atoms with Crippen molar-refractivity contribution in [1.82, 2.24) is 15.3 Å². The lowest BCUT2D eigenvalue weighted by Crippen LogP contribution is -2.20. The largest absolute Gasteiger partial charge is 0.340 e. The number of hydrogen-bond acceptors (Lipinski definition) is 4. The highest BCUT2D eigenvalue weighted by molar-refractivity contribution is 5.32. The number of aryl methyl sites for hydroxylation is 1. The molecule has 0 atom stereocenters. The molecule has 4 heteroatoms. The van der Waals surface area contributed by atoms with Gasteiger partial charge in [-0.1, -0.05) is 36.8 Å². The first-order valence-corrected chi connectivity index (χ1v) is 7.47. The van der Waals surface area contributed by atoms with Crippen LogP contribution < -0.4 is 10.2 Å². The lowest BCUT2D eigenvalue weighted by molar-refractivity contribution is 0.671. The van der Waals surface area contributed by atoms with Crippen molar-refractivity contribution in [3.05, 3.63) is 53.3 Å². The van der Waals surface area contributed by atoms with Crippen molar-refractivity contribution in [3.8, 4) is 0 Å². The van der Waals surface area contributed by atoms with E-state index in [1.807, 2.05) is 19.4 Å². The first-order valence-electron chi connectivity index (χ1n) is 7.47. The molecule has 0 spiro atoms. The molecule has 0 radical (unpaired) electrons. The zero-order valence-corrected chi connectivity index (χ0v) is 13.1. The summed E-state index contributed by atoms with van der Waals surface area (Å²) in [6.45, 7) is 6.94. The zero-order valence-electron chi connectivity index (χ0n) is 13.1. The van der Waals surface area contributed by atoms with Gasteiger partial charge in [-0.2, -0.15) is 0 Å². The number of anilines is 1. The van der Waals surface area contributed by atoms with Gasteiger partial charge in [0.1, 0.15) is 0 Å². The quantitative estimate of drug-likeness (QED) is 0.794. The Morgan fingerprint density at radius 1 is 1.14 bits per heavy atom. The molecule has 0 aliphatic rings. The molecule has 0 aliphatic carbocycles. The van der Waals surface area contributed by atoms with Crippen LogP contribution in [0.4, 0.5) is 5.95 Å². The van der Waals surface area contributed by atoms with Crippen LogP contribution in [0.1, 0.15) is 30.0 Å². The van der Waals surface area contributed by atoms with E-state index in [1.165, 1.54) is 11.1 Å². The van der Waals surface area contributed by atoms with Gasteiger partial charge in [-0.15, -0.1) is 0 Å². The molecule has 112 valence electrons. The Balaban J connectivity index is 1.94. The van der Waals surface area contributed by atoms with Crippen molar-refractivity contribution in [3.63, 3.8) is 0 Å². The Morgan fingerprint density at radius 3 is 2.57 bits per heavy atom. The molecule has 1 aromatic heterocycles. The maximum Gasteiger partial charge on any atom is 0.225 e. The Bertz CT molecular complexity index is 551. The third-order valence-corrected chi connectivity index (χ3v) is 3.29. The fourth-order valence-electron chi connectivity index (χ4n) is 2.20. The van der Waals surface area contributed by atoms with Gasteiger partial charge in [0, 0.05) is 38.1 Å². The van der Waals surface area contributed by atoms with Crippen LogP contribution in [-0.4, -0.2) is 23.6 Å². The van der Waals surface area contributed by atoms with Gasteiger partial charge in [-0.3, -0.25) is 0 Å². The number of aromatic nitrogens is 2. The number of rotatable bonds is 7. The van der Waals surface area contributed by atoms with Crippen LogP contribution in [-0.2, 0) is 13.1 Å². The molecule has 0 saturated carbocycles. The van der Waals surface area contributed by atoms with E-state index in [0.29, 0.717) is 0 Å². The topological polar surface area (TPSA) is 41.1 Å². The van der Waals surface area contributed by atoms with E-state index in [1.54, 1.807) is 0 Å². The third-order valence-electron chi connectivity index (χ3n) is 3.29. The first-order chi connectivity index (χ1) is 10.2. The Hall–Kier alpha value is -1.94. The number of benzene rings is 1. The molecule has 0 unspecified atom stereocenters. The molecule has 0 amide bonds. The number of nitrogens with one attached hydrogen (secondary N) is 1. The van der Waals surface area contributed by atoms with Gasteiger partial charge < -0.3 is 10.2 Å². The Labute approximate surface area is 127 Å². The summed E-state index contributed by atoms with van der Waals surface area (Å²) in [5.74, 6) is 0.760. The minimum atomic E-state index is 0.760.